The lowest BCUT2D eigenvalue weighted by Crippen LogP contribution is -2.43. The summed E-state index contributed by atoms with van der Waals surface area (Å²) >= 11 is 0. The van der Waals surface area contributed by atoms with Crippen LogP contribution in [0.2, 0.25) is 0 Å². The van der Waals surface area contributed by atoms with Gasteiger partial charge < -0.3 is 20.1 Å². The second kappa shape index (κ2) is 11.5. The molecule has 8 rings (SSSR count). The summed E-state index contributed by atoms with van der Waals surface area (Å²) in [7, 11) is 0. The van der Waals surface area contributed by atoms with Gasteiger partial charge in [-0.15, -0.1) is 0 Å². The summed E-state index contributed by atoms with van der Waals surface area (Å²) in [5, 5.41) is 24.1. The topological polar surface area (TPSA) is 128 Å². The van der Waals surface area contributed by atoms with Crippen molar-refractivity contribution in [1.29, 1.82) is 5.26 Å². The summed E-state index contributed by atoms with van der Waals surface area (Å²) in [5.41, 5.74) is -0.114. The normalized spacial score (nSPS) is 26.6. The molecule has 0 bridgehead atoms. The molecule has 13 heteroatoms. The number of nitrogens with zero attached hydrogens (tertiary/aromatic N) is 6. The zero-order valence-corrected chi connectivity index (χ0v) is 26.3. The molecule has 0 aliphatic carbocycles. The summed E-state index contributed by atoms with van der Waals surface area (Å²) in [6.07, 6.45) is 3.02. The predicted octanol–water partition coefficient (Wildman–Crippen LogP) is 4.81. The van der Waals surface area contributed by atoms with Gasteiger partial charge in [0.2, 0.25) is 5.91 Å². The fourth-order valence-electron chi connectivity index (χ4n) is 8.58. The molecule has 5 atom stereocenters. The first kappa shape index (κ1) is 30.6. The summed E-state index contributed by atoms with van der Waals surface area (Å²) in [6, 6.07) is 7.48. The van der Waals surface area contributed by atoms with Crippen LogP contribution >= 0.6 is 0 Å². The average Bonchev–Trinajstić information content (AvgIpc) is 3.81. The van der Waals surface area contributed by atoms with Crippen molar-refractivity contribution in [3.05, 3.63) is 47.7 Å². The van der Waals surface area contributed by atoms with Crippen LogP contribution in [-0.2, 0) is 11.2 Å². The maximum absolute atomic E-state index is 16.9. The molecule has 4 aromatic rings. The zero-order chi connectivity index (χ0) is 33.3. The van der Waals surface area contributed by atoms with Crippen LogP contribution in [-0.4, -0.2) is 81.4 Å². The number of pyridine rings is 1. The highest BCUT2D eigenvalue weighted by molar-refractivity contribution is 6.02. The molecule has 6 heterocycles. The molecule has 4 aliphatic rings. The van der Waals surface area contributed by atoms with E-state index >= 15 is 4.39 Å². The first-order valence-electron chi connectivity index (χ1n) is 16.4. The highest BCUT2D eigenvalue weighted by atomic mass is 19.1. The number of aromatic nitrogens is 3. The molecule has 4 aliphatic heterocycles. The van der Waals surface area contributed by atoms with Crippen molar-refractivity contribution in [3.8, 4) is 29.1 Å². The Balaban J connectivity index is 1.26. The first-order valence-corrected chi connectivity index (χ1v) is 16.4. The molecule has 2 aromatic heterocycles. The lowest BCUT2D eigenvalue weighted by atomic mass is 9.92. The van der Waals surface area contributed by atoms with Crippen LogP contribution in [0.3, 0.4) is 0 Å². The number of fused-ring (bicyclic) bond motifs is 4. The van der Waals surface area contributed by atoms with E-state index in [1.807, 2.05) is 4.90 Å². The Bertz CT molecular complexity index is 2020. The van der Waals surface area contributed by atoms with Gasteiger partial charge in [0.05, 0.1) is 29.3 Å². The van der Waals surface area contributed by atoms with Gasteiger partial charge in [-0.05, 0) is 60.3 Å². The SMILES string of the molecule is CCc1c(F)ccc2cc(O)cc(-c3ncc4c(N5C[C@@H]6[C@@H](CC#N)NC(=O)[C@@H]6C5)nc(OC[C@@]56CCCN5C[C@H](F)C6)nc4c3F)c12. The van der Waals surface area contributed by atoms with Gasteiger partial charge >= 0.3 is 6.01 Å². The van der Waals surface area contributed by atoms with E-state index in [0.29, 0.717) is 54.6 Å². The standard InChI is InChI=1S/C35H34F3N7O3/c1-2-21-26(37)5-4-18-10-20(46)11-22(28(18)21)30-29(38)31-23(13-40-30)32(44-15-24-25(16-44)33(47)41-27(24)6-8-39)43-34(42-31)48-17-35-7-3-9-45(35)14-19(36)12-35/h4-5,10-11,13,19,24-25,27,46H,2-3,6-7,9,12,14-17H2,1H3,(H,41,47)/t19-,24+,25-,27-,35+/m1/s1. The van der Waals surface area contributed by atoms with Crippen molar-refractivity contribution < 1.29 is 27.8 Å². The number of amides is 1. The maximum Gasteiger partial charge on any atom is 0.319 e. The monoisotopic (exact) mass is 657 g/mol. The third-order valence-electron chi connectivity index (χ3n) is 10.8. The number of carbonyl (C=O) groups excluding carboxylic acids is 1. The Morgan fingerprint density at radius 2 is 2.06 bits per heavy atom. The second-order valence-electron chi connectivity index (χ2n) is 13.5. The van der Waals surface area contributed by atoms with Crippen molar-refractivity contribution in [2.24, 2.45) is 11.8 Å². The first-order chi connectivity index (χ1) is 23.2. The van der Waals surface area contributed by atoms with Crippen molar-refractivity contribution in [2.75, 3.05) is 37.7 Å². The number of halogens is 3. The van der Waals surface area contributed by atoms with E-state index in [4.69, 9.17) is 9.72 Å². The van der Waals surface area contributed by atoms with E-state index < -0.39 is 23.3 Å². The number of carbonyl (C=O) groups is 1. The van der Waals surface area contributed by atoms with E-state index in [9.17, 15) is 23.9 Å². The van der Waals surface area contributed by atoms with Crippen LogP contribution in [0.25, 0.3) is 32.9 Å². The zero-order valence-electron chi connectivity index (χ0n) is 26.3. The van der Waals surface area contributed by atoms with Crippen molar-refractivity contribution in [1.82, 2.24) is 25.2 Å². The van der Waals surface area contributed by atoms with Gasteiger partial charge in [-0.3, -0.25) is 14.7 Å². The van der Waals surface area contributed by atoms with E-state index in [1.165, 1.54) is 30.5 Å². The quantitative estimate of drug-likeness (QED) is 0.288. The molecular weight excluding hydrogens is 623 g/mol. The van der Waals surface area contributed by atoms with Gasteiger partial charge in [0.25, 0.3) is 0 Å². The number of aromatic hydroxyl groups is 1. The number of aryl methyl sites for hydroxylation is 1. The molecule has 0 radical (unpaired) electrons. The molecule has 0 saturated carbocycles. The van der Waals surface area contributed by atoms with Gasteiger partial charge in [-0.25, -0.2) is 13.2 Å². The minimum atomic E-state index is -0.959. The predicted molar refractivity (Wildman–Crippen MR) is 171 cm³/mol. The Morgan fingerprint density at radius 1 is 1.21 bits per heavy atom. The molecule has 2 N–H and O–H groups in total. The third-order valence-corrected chi connectivity index (χ3v) is 10.8. The van der Waals surface area contributed by atoms with E-state index in [2.05, 4.69) is 26.3 Å². The third kappa shape index (κ3) is 4.79. The largest absolute Gasteiger partial charge is 0.508 e. The van der Waals surface area contributed by atoms with Crippen LogP contribution in [0.4, 0.5) is 19.0 Å². The van der Waals surface area contributed by atoms with Crippen LogP contribution < -0.4 is 15.0 Å². The Labute approximate surface area is 274 Å². The smallest absolute Gasteiger partial charge is 0.319 e. The molecule has 4 fully saturated rings. The Kier molecular flexibility index (Phi) is 7.32. The number of nitriles is 1. The van der Waals surface area contributed by atoms with Gasteiger partial charge in [0.1, 0.15) is 41.4 Å². The fourth-order valence-corrected chi connectivity index (χ4v) is 8.58. The van der Waals surface area contributed by atoms with E-state index in [0.717, 1.165) is 19.4 Å². The number of rotatable bonds is 7. The summed E-state index contributed by atoms with van der Waals surface area (Å²) in [4.78, 5) is 30.6. The number of nitrogens with one attached hydrogen (secondary N) is 1. The molecule has 0 unspecified atom stereocenters. The molecular formula is C35H34F3N7O3. The van der Waals surface area contributed by atoms with Crippen LogP contribution in [0.5, 0.6) is 11.8 Å². The van der Waals surface area contributed by atoms with Crippen molar-refractivity contribution in [2.45, 2.75) is 56.8 Å². The van der Waals surface area contributed by atoms with E-state index in [-0.39, 0.29) is 70.7 Å². The van der Waals surface area contributed by atoms with Crippen molar-refractivity contribution >= 4 is 33.4 Å². The highest BCUT2D eigenvalue weighted by Crippen LogP contribution is 2.43. The summed E-state index contributed by atoms with van der Waals surface area (Å²) in [6.45, 7) is 3.74. The molecule has 2 aromatic carbocycles. The number of benzene rings is 2. The lowest BCUT2D eigenvalue weighted by molar-refractivity contribution is -0.122. The van der Waals surface area contributed by atoms with Gasteiger partial charge in [0.15, 0.2) is 5.82 Å². The number of phenolic OH excluding ortho intramolecular Hbond substituents is 1. The number of anilines is 1. The number of ether oxygens (including phenoxy) is 1. The number of phenols is 1. The molecule has 48 heavy (non-hydrogen) atoms. The van der Waals surface area contributed by atoms with Gasteiger partial charge in [-0.1, -0.05) is 13.0 Å². The van der Waals surface area contributed by atoms with Crippen LogP contribution in [0, 0.1) is 34.8 Å². The number of hydrogen-bond acceptors (Lipinski definition) is 9. The number of hydrogen-bond donors (Lipinski definition) is 2. The van der Waals surface area contributed by atoms with Crippen molar-refractivity contribution in [3.63, 3.8) is 0 Å². The number of alkyl halides is 1. The molecule has 10 nitrogen and oxygen atoms in total. The minimum absolute atomic E-state index is 0.0865. The van der Waals surface area contributed by atoms with E-state index in [1.54, 1.807) is 6.92 Å². The average molecular weight is 658 g/mol. The summed E-state index contributed by atoms with van der Waals surface area (Å²) < 4.78 is 52.6. The molecule has 1 amide bonds. The maximum atomic E-state index is 16.9. The lowest BCUT2D eigenvalue weighted by Gasteiger charge is -2.31. The Morgan fingerprint density at radius 3 is 2.88 bits per heavy atom. The molecule has 0 spiro atoms. The van der Waals surface area contributed by atoms with Crippen LogP contribution in [0.1, 0.15) is 38.2 Å². The summed E-state index contributed by atoms with van der Waals surface area (Å²) in [5.74, 6) is -1.69. The molecule has 248 valence electrons. The van der Waals surface area contributed by atoms with Crippen LogP contribution in [0.15, 0.2) is 30.5 Å². The second-order valence-corrected chi connectivity index (χ2v) is 13.5. The molecule has 4 saturated heterocycles. The fraction of sp³-hybridized carbons (Fsp3) is 0.457. The van der Waals surface area contributed by atoms with Gasteiger partial charge in [-0.2, -0.15) is 15.2 Å². The van der Waals surface area contributed by atoms with Gasteiger partial charge in [0, 0.05) is 49.8 Å². The Hall–Kier alpha value is -4.70. The highest BCUT2D eigenvalue weighted by Gasteiger charge is 2.50. The minimum Gasteiger partial charge on any atom is -0.508 e.